The molecular formula is C19H18N2O5. The number of anilines is 2. The van der Waals surface area contributed by atoms with Crippen LogP contribution in [0.1, 0.15) is 6.42 Å². The van der Waals surface area contributed by atoms with E-state index in [9.17, 15) is 14.7 Å². The minimum absolute atomic E-state index is 0.104. The van der Waals surface area contributed by atoms with Crippen LogP contribution in [0.2, 0.25) is 0 Å². The van der Waals surface area contributed by atoms with E-state index in [-0.39, 0.29) is 24.0 Å². The second-order valence-electron chi connectivity index (χ2n) is 6.27. The van der Waals surface area contributed by atoms with Crippen molar-refractivity contribution in [2.45, 2.75) is 6.42 Å². The molecule has 0 aromatic heterocycles. The summed E-state index contributed by atoms with van der Waals surface area (Å²) < 4.78 is 11.1. The number of carbonyl (C=O) groups is 2. The Kier molecular flexibility index (Phi) is 4.12. The molecule has 134 valence electrons. The molecular weight excluding hydrogens is 336 g/mol. The summed E-state index contributed by atoms with van der Waals surface area (Å²) in [6.45, 7) is 1.29. The summed E-state index contributed by atoms with van der Waals surface area (Å²) >= 11 is 0. The van der Waals surface area contributed by atoms with Gasteiger partial charge in [-0.15, -0.1) is 0 Å². The Morgan fingerprint density at radius 3 is 2.58 bits per heavy atom. The van der Waals surface area contributed by atoms with E-state index >= 15 is 0 Å². The highest BCUT2D eigenvalue weighted by atomic mass is 16.6. The van der Waals surface area contributed by atoms with Crippen molar-refractivity contribution >= 4 is 23.2 Å². The van der Waals surface area contributed by atoms with Crippen LogP contribution in [0.15, 0.2) is 42.5 Å². The number of rotatable bonds is 3. The van der Waals surface area contributed by atoms with Crippen LogP contribution < -0.4 is 19.7 Å². The highest BCUT2D eigenvalue weighted by molar-refractivity contribution is 6.03. The fourth-order valence-corrected chi connectivity index (χ4v) is 3.12. The maximum Gasteiger partial charge on any atom is 0.229 e. The number of nitrogens with one attached hydrogen (secondary N) is 1. The summed E-state index contributed by atoms with van der Waals surface area (Å²) in [4.78, 5) is 26.4. The second kappa shape index (κ2) is 6.59. The zero-order valence-electron chi connectivity index (χ0n) is 14.0. The number of nitrogens with zero attached hydrogens (tertiary/aromatic N) is 1. The Labute approximate surface area is 150 Å². The standard InChI is InChI=1S/C19H18N2O5/c22-15-4-1-13(2-5-15)20-19(24)12-9-18(23)21(11-12)14-3-6-16-17(10-14)26-8-7-25-16/h1-6,10,12,22H,7-9,11H2,(H,20,24)/t12-/m1/s1. The van der Waals surface area contributed by atoms with E-state index in [0.717, 1.165) is 0 Å². The van der Waals surface area contributed by atoms with Gasteiger partial charge in [0, 0.05) is 30.4 Å². The highest BCUT2D eigenvalue weighted by Crippen LogP contribution is 2.36. The lowest BCUT2D eigenvalue weighted by molar-refractivity contribution is -0.122. The number of fused-ring (bicyclic) bond motifs is 1. The number of phenols is 1. The smallest absolute Gasteiger partial charge is 0.229 e. The van der Waals surface area contributed by atoms with Gasteiger partial charge in [-0.05, 0) is 36.4 Å². The molecule has 7 heteroatoms. The van der Waals surface area contributed by atoms with Gasteiger partial charge in [-0.1, -0.05) is 0 Å². The van der Waals surface area contributed by atoms with Gasteiger partial charge in [0.25, 0.3) is 0 Å². The van der Waals surface area contributed by atoms with Crippen LogP contribution in [0.25, 0.3) is 0 Å². The van der Waals surface area contributed by atoms with Crippen molar-refractivity contribution in [3.8, 4) is 17.2 Å². The molecule has 2 aliphatic rings. The van der Waals surface area contributed by atoms with E-state index in [0.29, 0.717) is 42.6 Å². The average Bonchev–Trinajstić information content (AvgIpc) is 3.05. The summed E-state index contributed by atoms with van der Waals surface area (Å²) in [6.07, 6.45) is 0.151. The van der Waals surface area contributed by atoms with Gasteiger partial charge in [-0.3, -0.25) is 9.59 Å². The minimum atomic E-state index is -0.440. The van der Waals surface area contributed by atoms with E-state index in [1.165, 1.54) is 12.1 Å². The Balaban J connectivity index is 1.46. The molecule has 0 saturated carbocycles. The van der Waals surface area contributed by atoms with Crippen LogP contribution in [-0.2, 0) is 9.59 Å². The molecule has 0 radical (unpaired) electrons. The lowest BCUT2D eigenvalue weighted by Crippen LogP contribution is -2.28. The van der Waals surface area contributed by atoms with Crippen molar-refractivity contribution in [1.29, 1.82) is 0 Å². The van der Waals surface area contributed by atoms with Gasteiger partial charge in [0.15, 0.2) is 11.5 Å². The van der Waals surface area contributed by atoms with Crippen molar-refractivity contribution in [3.05, 3.63) is 42.5 Å². The molecule has 0 unspecified atom stereocenters. The summed E-state index contributed by atoms with van der Waals surface area (Å²) in [5.41, 5.74) is 1.28. The monoisotopic (exact) mass is 354 g/mol. The SMILES string of the molecule is O=C(Nc1ccc(O)cc1)[C@@H]1CC(=O)N(c2ccc3c(c2)OCCO3)C1. The first-order valence-electron chi connectivity index (χ1n) is 8.40. The Morgan fingerprint density at radius 1 is 1.08 bits per heavy atom. The molecule has 2 aromatic rings. The molecule has 1 fully saturated rings. The third-order valence-electron chi connectivity index (χ3n) is 4.47. The Hall–Kier alpha value is -3.22. The second-order valence-corrected chi connectivity index (χ2v) is 6.27. The molecule has 0 spiro atoms. The number of hydrogen-bond acceptors (Lipinski definition) is 5. The normalized spacial score (nSPS) is 18.7. The van der Waals surface area contributed by atoms with Crippen molar-refractivity contribution in [2.24, 2.45) is 5.92 Å². The molecule has 26 heavy (non-hydrogen) atoms. The molecule has 2 aromatic carbocycles. The van der Waals surface area contributed by atoms with E-state index in [1.807, 2.05) is 0 Å². The molecule has 4 rings (SSSR count). The molecule has 2 heterocycles. The highest BCUT2D eigenvalue weighted by Gasteiger charge is 2.35. The number of phenolic OH excluding ortho intramolecular Hbond substituents is 1. The topological polar surface area (TPSA) is 88.1 Å². The lowest BCUT2D eigenvalue weighted by atomic mass is 10.1. The van der Waals surface area contributed by atoms with Crippen molar-refractivity contribution in [3.63, 3.8) is 0 Å². The summed E-state index contributed by atoms with van der Waals surface area (Å²) in [7, 11) is 0. The molecule has 0 aliphatic carbocycles. The Bertz CT molecular complexity index is 850. The predicted molar refractivity (Wildman–Crippen MR) is 94.6 cm³/mol. The maximum atomic E-state index is 12.5. The van der Waals surface area contributed by atoms with Gasteiger partial charge in [-0.2, -0.15) is 0 Å². The lowest BCUT2D eigenvalue weighted by Gasteiger charge is -2.22. The van der Waals surface area contributed by atoms with Gasteiger partial charge in [0.05, 0.1) is 5.92 Å². The largest absolute Gasteiger partial charge is 0.508 e. The van der Waals surface area contributed by atoms with Gasteiger partial charge < -0.3 is 24.8 Å². The summed E-state index contributed by atoms with van der Waals surface area (Å²) in [5.74, 6) is 0.636. The van der Waals surface area contributed by atoms with Gasteiger partial charge >= 0.3 is 0 Å². The first kappa shape index (κ1) is 16.3. The summed E-state index contributed by atoms with van der Waals surface area (Å²) in [5, 5.41) is 12.1. The molecule has 0 bridgehead atoms. The van der Waals surface area contributed by atoms with Crippen molar-refractivity contribution in [1.82, 2.24) is 0 Å². The van der Waals surface area contributed by atoms with Crippen molar-refractivity contribution < 1.29 is 24.2 Å². The zero-order valence-corrected chi connectivity index (χ0v) is 14.0. The zero-order chi connectivity index (χ0) is 18.1. The number of ether oxygens (including phenoxy) is 2. The van der Waals surface area contributed by atoms with Crippen LogP contribution in [0.3, 0.4) is 0 Å². The third-order valence-corrected chi connectivity index (χ3v) is 4.47. The average molecular weight is 354 g/mol. The predicted octanol–water partition coefficient (Wildman–Crippen LogP) is 2.16. The van der Waals surface area contributed by atoms with E-state index < -0.39 is 5.92 Å². The molecule has 2 N–H and O–H groups in total. The first-order valence-corrected chi connectivity index (χ1v) is 8.40. The number of carbonyl (C=O) groups excluding carboxylic acids is 2. The van der Waals surface area contributed by atoms with E-state index in [2.05, 4.69) is 5.32 Å². The number of aromatic hydroxyl groups is 1. The fourth-order valence-electron chi connectivity index (χ4n) is 3.12. The molecule has 2 aliphatic heterocycles. The number of amides is 2. The third kappa shape index (κ3) is 3.15. The van der Waals surface area contributed by atoms with Gasteiger partial charge in [-0.25, -0.2) is 0 Å². The van der Waals surface area contributed by atoms with Crippen LogP contribution >= 0.6 is 0 Å². The van der Waals surface area contributed by atoms with Crippen molar-refractivity contribution in [2.75, 3.05) is 30.0 Å². The molecule has 1 atom stereocenters. The van der Waals surface area contributed by atoms with Crippen LogP contribution in [0, 0.1) is 5.92 Å². The van der Waals surface area contributed by atoms with E-state index in [4.69, 9.17) is 9.47 Å². The fraction of sp³-hybridized carbons (Fsp3) is 0.263. The van der Waals surface area contributed by atoms with Crippen LogP contribution in [0.5, 0.6) is 17.2 Å². The molecule has 7 nitrogen and oxygen atoms in total. The summed E-state index contributed by atoms with van der Waals surface area (Å²) in [6, 6.07) is 11.6. The Morgan fingerprint density at radius 2 is 1.81 bits per heavy atom. The van der Waals surface area contributed by atoms with Gasteiger partial charge in [0.2, 0.25) is 11.8 Å². The van der Waals surface area contributed by atoms with Crippen LogP contribution in [0.4, 0.5) is 11.4 Å². The quantitative estimate of drug-likeness (QED) is 0.825. The minimum Gasteiger partial charge on any atom is -0.508 e. The number of benzene rings is 2. The van der Waals surface area contributed by atoms with E-state index in [1.54, 1.807) is 35.2 Å². The maximum absolute atomic E-state index is 12.5. The molecule has 1 saturated heterocycles. The first-order chi connectivity index (χ1) is 12.6. The van der Waals surface area contributed by atoms with Crippen LogP contribution in [-0.4, -0.2) is 36.7 Å². The molecule has 2 amide bonds. The number of hydrogen-bond donors (Lipinski definition) is 2. The van der Waals surface area contributed by atoms with Gasteiger partial charge in [0.1, 0.15) is 19.0 Å².